The maximum absolute atomic E-state index is 11.9. The van der Waals surface area contributed by atoms with Crippen LogP contribution in [-0.4, -0.2) is 29.1 Å². The Hall–Kier alpha value is -3.35. The Bertz CT molecular complexity index is 746. The summed E-state index contributed by atoms with van der Waals surface area (Å²) in [5.41, 5.74) is 0.621. The Morgan fingerprint density at radius 2 is 1.75 bits per heavy atom. The molecule has 1 atom stereocenters. The first-order chi connectivity index (χ1) is 11.5. The molecule has 0 aliphatic rings. The van der Waals surface area contributed by atoms with Gasteiger partial charge in [-0.2, -0.15) is 0 Å². The van der Waals surface area contributed by atoms with E-state index in [0.29, 0.717) is 5.69 Å². The Balaban J connectivity index is 1.87. The number of urea groups is 1. The van der Waals surface area contributed by atoms with Gasteiger partial charge in [0.15, 0.2) is 6.10 Å². The lowest BCUT2D eigenvalue weighted by Crippen LogP contribution is -2.41. The van der Waals surface area contributed by atoms with Crippen LogP contribution in [0, 0.1) is 0 Å². The predicted octanol–water partition coefficient (Wildman–Crippen LogP) is 2.29. The van der Waals surface area contributed by atoms with E-state index in [1.165, 1.54) is 31.2 Å². The highest BCUT2D eigenvalue weighted by atomic mass is 16.5. The van der Waals surface area contributed by atoms with Crippen molar-refractivity contribution >= 4 is 23.6 Å². The number of para-hydroxylation sites is 1. The topological polar surface area (TPSA) is 105 Å². The summed E-state index contributed by atoms with van der Waals surface area (Å²) in [7, 11) is 0. The molecular formula is C17H16N2O5. The van der Waals surface area contributed by atoms with Gasteiger partial charge in [-0.25, -0.2) is 9.59 Å². The maximum Gasteiger partial charge on any atom is 0.339 e. The van der Waals surface area contributed by atoms with Crippen molar-refractivity contribution in [3.05, 3.63) is 60.2 Å². The molecule has 0 fully saturated rings. The second-order valence-electron chi connectivity index (χ2n) is 4.91. The summed E-state index contributed by atoms with van der Waals surface area (Å²) in [6.45, 7) is 1.34. The molecule has 0 aliphatic carbocycles. The fraction of sp³-hybridized carbons (Fsp3) is 0.118. The highest BCUT2D eigenvalue weighted by Gasteiger charge is 2.21. The van der Waals surface area contributed by atoms with Gasteiger partial charge in [0.25, 0.3) is 5.91 Å². The number of aromatic hydroxyl groups is 1. The van der Waals surface area contributed by atoms with Gasteiger partial charge in [-0.15, -0.1) is 0 Å². The Labute approximate surface area is 138 Å². The zero-order valence-corrected chi connectivity index (χ0v) is 12.9. The number of benzene rings is 2. The second kappa shape index (κ2) is 7.77. The van der Waals surface area contributed by atoms with Gasteiger partial charge in [-0.1, -0.05) is 24.3 Å². The monoisotopic (exact) mass is 328 g/mol. The standard InChI is InChI=1S/C17H16N2O5/c1-11(24-16(22)12-6-5-9-14(20)10-12)15(21)19-17(23)18-13-7-3-2-4-8-13/h2-11,20H,1H3,(H2,18,19,21,23). The molecule has 2 rings (SSSR count). The van der Waals surface area contributed by atoms with Crippen LogP contribution in [0.15, 0.2) is 54.6 Å². The van der Waals surface area contributed by atoms with Gasteiger partial charge in [0.2, 0.25) is 0 Å². The molecule has 0 aromatic heterocycles. The van der Waals surface area contributed by atoms with Gasteiger partial charge in [0.1, 0.15) is 5.75 Å². The third-order valence-electron chi connectivity index (χ3n) is 3.00. The van der Waals surface area contributed by atoms with Crippen molar-refractivity contribution in [1.82, 2.24) is 5.32 Å². The average Bonchev–Trinajstić information content (AvgIpc) is 2.55. The first kappa shape index (κ1) is 17.0. The summed E-state index contributed by atoms with van der Waals surface area (Å²) >= 11 is 0. The fourth-order valence-electron chi connectivity index (χ4n) is 1.81. The Morgan fingerprint density at radius 1 is 1.04 bits per heavy atom. The number of anilines is 1. The number of carbonyl (C=O) groups excluding carboxylic acids is 3. The third kappa shape index (κ3) is 4.84. The van der Waals surface area contributed by atoms with E-state index < -0.39 is 24.0 Å². The largest absolute Gasteiger partial charge is 0.508 e. The fourth-order valence-corrected chi connectivity index (χ4v) is 1.81. The van der Waals surface area contributed by atoms with Crippen molar-refractivity contribution in [2.24, 2.45) is 0 Å². The molecule has 0 spiro atoms. The van der Waals surface area contributed by atoms with Crippen molar-refractivity contribution in [3.63, 3.8) is 0 Å². The van der Waals surface area contributed by atoms with Crippen LogP contribution in [0.3, 0.4) is 0 Å². The molecule has 3 N–H and O–H groups in total. The van der Waals surface area contributed by atoms with Crippen LogP contribution in [0.1, 0.15) is 17.3 Å². The van der Waals surface area contributed by atoms with Gasteiger partial charge in [-0.3, -0.25) is 10.1 Å². The molecule has 3 amide bonds. The van der Waals surface area contributed by atoms with Gasteiger partial charge in [0, 0.05) is 5.69 Å². The minimum Gasteiger partial charge on any atom is -0.508 e. The molecule has 0 heterocycles. The van der Waals surface area contributed by atoms with Crippen LogP contribution in [0.5, 0.6) is 5.75 Å². The van der Waals surface area contributed by atoms with Gasteiger partial charge < -0.3 is 15.2 Å². The number of amides is 3. The number of carbonyl (C=O) groups is 3. The zero-order chi connectivity index (χ0) is 17.5. The minimum atomic E-state index is -1.18. The summed E-state index contributed by atoms with van der Waals surface area (Å²) < 4.78 is 4.96. The summed E-state index contributed by atoms with van der Waals surface area (Å²) in [6, 6.07) is 13.4. The molecule has 124 valence electrons. The highest BCUT2D eigenvalue weighted by Crippen LogP contribution is 2.12. The number of esters is 1. The number of hydrogen-bond donors (Lipinski definition) is 3. The molecule has 0 aliphatic heterocycles. The van der Waals surface area contributed by atoms with Crippen LogP contribution < -0.4 is 10.6 Å². The molecule has 0 saturated carbocycles. The molecule has 0 radical (unpaired) electrons. The van der Waals surface area contributed by atoms with Crippen LogP contribution in [0.25, 0.3) is 0 Å². The van der Waals surface area contributed by atoms with E-state index >= 15 is 0 Å². The molecule has 7 heteroatoms. The molecule has 24 heavy (non-hydrogen) atoms. The molecule has 7 nitrogen and oxygen atoms in total. The minimum absolute atomic E-state index is 0.0937. The maximum atomic E-state index is 11.9. The smallest absolute Gasteiger partial charge is 0.339 e. The first-order valence-corrected chi connectivity index (χ1v) is 7.12. The normalized spacial score (nSPS) is 11.2. The molecule has 1 unspecified atom stereocenters. The van der Waals surface area contributed by atoms with Crippen molar-refractivity contribution in [2.75, 3.05) is 5.32 Å². The number of rotatable bonds is 4. The SMILES string of the molecule is CC(OC(=O)c1cccc(O)c1)C(=O)NC(=O)Nc1ccccc1. The van der Waals surface area contributed by atoms with E-state index in [9.17, 15) is 19.5 Å². The predicted molar refractivity (Wildman–Crippen MR) is 86.6 cm³/mol. The first-order valence-electron chi connectivity index (χ1n) is 7.12. The van der Waals surface area contributed by atoms with E-state index in [-0.39, 0.29) is 11.3 Å². The molecule has 2 aromatic rings. The van der Waals surface area contributed by atoms with Crippen molar-refractivity contribution in [2.45, 2.75) is 13.0 Å². The van der Waals surface area contributed by atoms with E-state index in [2.05, 4.69) is 10.6 Å². The summed E-state index contributed by atoms with van der Waals surface area (Å²) in [5, 5.41) is 13.9. The number of hydrogen-bond acceptors (Lipinski definition) is 5. The quantitative estimate of drug-likeness (QED) is 0.747. The Morgan fingerprint density at radius 3 is 2.42 bits per heavy atom. The van der Waals surface area contributed by atoms with E-state index in [4.69, 9.17) is 4.74 Å². The van der Waals surface area contributed by atoms with Gasteiger partial charge >= 0.3 is 12.0 Å². The number of nitrogens with one attached hydrogen (secondary N) is 2. The molecule has 0 bridgehead atoms. The lowest BCUT2D eigenvalue weighted by atomic mass is 10.2. The van der Waals surface area contributed by atoms with E-state index in [0.717, 1.165) is 0 Å². The zero-order valence-electron chi connectivity index (χ0n) is 12.9. The summed E-state index contributed by atoms with van der Waals surface area (Å²) in [4.78, 5) is 35.5. The Kier molecular flexibility index (Phi) is 5.51. The van der Waals surface area contributed by atoms with Crippen LogP contribution in [0.4, 0.5) is 10.5 Å². The number of imide groups is 1. The lowest BCUT2D eigenvalue weighted by molar-refractivity contribution is -0.127. The second-order valence-corrected chi connectivity index (χ2v) is 4.91. The molecule has 0 saturated heterocycles. The third-order valence-corrected chi connectivity index (χ3v) is 3.00. The van der Waals surface area contributed by atoms with Crippen LogP contribution in [0.2, 0.25) is 0 Å². The molecule has 2 aromatic carbocycles. The lowest BCUT2D eigenvalue weighted by Gasteiger charge is -2.13. The number of phenolic OH excluding ortho intramolecular Hbond substituents is 1. The van der Waals surface area contributed by atoms with Crippen LogP contribution in [-0.2, 0) is 9.53 Å². The number of ether oxygens (including phenoxy) is 1. The van der Waals surface area contributed by atoms with Gasteiger partial charge in [0.05, 0.1) is 5.56 Å². The average molecular weight is 328 g/mol. The highest BCUT2D eigenvalue weighted by molar-refractivity contribution is 6.03. The van der Waals surface area contributed by atoms with Crippen LogP contribution >= 0.6 is 0 Å². The van der Waals surface area contributed by atoms with Crippen molar-refractivity contribution in [1.29, 1.82) is 0 Å². The van der Waals surface area contributed by atoms with Crippen molar-refractivity contribution in [3.8, 4) is 5.75 Å². The van der Waals surface area contributed by atoms with E-state index in [1.807, 2.05) is 0 Å². The van der Waals surface area contributed by atoms with Crippen molar-refractivity contribution < 1.29 is 24.2 Å². The summed E-state index contributed by atoms with van der Waals surface area (Å²) in [6.07, 6.45) is -1.18. The summed E-state index contributed by atoms with van der Waals surface area (Å²) in [5.74, 6) is -1.64. The van der Waals surface area contributed by atoms with Gasteiger partial charge in [-0.05, 0) is 37.3 Å². The number of phenols is 1. The van der Waals surface area contributed by atoms with E-state index in [1.54, 1.807) is 30.3 Å². The molecular weight excluding hydrogens is 312 g/mol.